The standard InChI is InChI=1S/C53H34OS/c1-3-13-39(14-4-1)53(40-15-5-2-6-16-40)47-21-11-12-22-49(47)54-50-34-38(28-30-48(50)53)52-32-31-51(55-52)36-25-23-35(24-26-36)37-27-29-45-43-19-8-7-17-41(43)42-18-9-10-20-44(42)46(45)33-37/h1-34H. The number of rotatable bonds is 5. The molecule has 0 atom stereocenters. The minimum Gasteiger partial charge on any atom is -0.457 e. The molecule has 1 nitrogen and oxygen atoms in total. The third-order valence-electron chi connectivity index (χ3n) is 11.4. The Hall–Kier alpha value is -6.74. The Bertz CT molecular complexity index is 2970. The van der Waals surface area contributed by atoms with Crippen LogP contribution in [-0.4, -0.2) is 0 Å². The van der Waals surface area contributed by atoms with Crippen molar-refractivity contribution < 1.29 is 4.74 Å². The quantitative estimate of drug-likeness (QED) is 0.161. The number of fused-ring (bicyclic) bond motifs is 8. The number of hydrogen-bond donors (Lipinski definition) is 0. The van der Waals surface area contributed by atoms with E-state index in [-0.39, 0.29) is 0 Å². The highest BCUT2D eigenvalue weighted by molar-refractivity contribution is 7.18. The van der Waals surface area contributed by atoms with E-state index in [4.69, 9.17) is 4.74 Å². The first-order valence-electron chi connectivity index (χ1n) is 18.8. The second-order valence-electron chi connectivity index (χ2n) is 14.4. The van der Waals surface area contributed by atoms with Crippen LogP contribution < -0.4 is 4.74 Å². The molecule has 0 N–H and O–H groups in total. The van der Waals surface area contributed by atoms with Gasteiger partial charge in [-0.3, -0.25) is 0 Å². The number of hydrogen-bond acceptors (Lipinski definition) is 2. The van der Waals surface area contributed by atoms with Gasteiger partial charge in [0.05, 0.1) is 5.41 Å². The van der Waals surface area contributed by atoms with Crippen LogP contribution in [0, 0.1) is 0 Å². The Kier molecular flexibility index (Phi) is 7.33. The van der Waals surface area contributed by atoms with E-state index in [2.05, 4.69) is 206 Å². The summed E-state index contributed by atoms with van der Waals surface area (Å²) in [6.45, 7) is 0. The predicted octanol–water partition coefficient (Wildman–Crippen LogP) is 14.7. The van der Waals surface area contributed by atoms with E-state index < -0.39 is 5.41 Å². The molecule has 1 aliphatic heterocycles. The molecule has 0 saturated carbocycles. The molecule has 1 aromatic heterocycles. The van der Waals surface area contributed by atoms with Crippen molar-refractivity contribution in [3.8, 4) is 43.5 Å². The Balaban J connectivity index is 0.954. The Labute approximate surface area is 324 Å². The molecule has 0 fully saturated rings. The lowest BCUT2D eigenvalue weighted by molar-refractivity contribution is 0.435. The minimum absolute atomic E-state index is 0.514. The third kappa shape index (κ3) is 4.99. The van der Waals surface area contributed by atoms with Gasteiger partial charge in [0, 0.05) is 20.9 Å². The zero-order valence-electron chi connectivity index (χ0n) is 29.9. The first-order chi connectivity index (χ1) is 27.3. The van der Waals surface area contributed by atoms with Gasteiger partial charge in [-0.1, -0.05) is 176 Å². The highest BCUT2D eigenvalue weighted by Crippen LogP contribution is 2.56. The average molecular weight is 719 g/mol. The van der Waals surface area contributed by atoms with Crippen LogP contribution in [0.5, 0.6) is 11.5 Å². The van der Waals surface area contributed by atoms with Crippen molar-refractivity contribution >= 4 is 43.7 Å². The van der Waals surface area contributed by atoms with Crippen LogP contribution >= 0.6 is 11.3 Å². The second kappa shape index (κ2) is 12.7. The second-order valence-corrected chi connectivity index (χ2v) is 15.5. The molecule has 0 bridgehead atoms. The van der Waals surface area contributed by atoms with Gasteiger partial charge < -0.3 is 4.74 Å². The van der Waals surface area contributed by atoms with E-state index in [0.717, 1.165) is 28.2 Å². The number of ether oxygens (including phenoxy) is 1. The van der Waals surface area contributed by atoms with Crippen molar-refractivity contribution in [1.29, 1.82) is 0 Å². The first kappa shape index (κ1) is 31.8. The Morgan fingerprint density at radius 1 is 0.309 bits per heavy atom. The van der Waals surface area contributed by atoms with E-state index in [9.17, 15) is 0 Å². The van der Waals surface area contributed by atoms with Crippen LogP contribution in [0.25, 0.3) is 64.3 Å². The van der Waals surface area contributed by atoms with Crippen LogP contribution in [0.2, 0.25) is 0 Å². The van der Waals surface area contributed by atoms with Crippen LogP contribution in [0.3, 0.4) is 0 Å². The molecule has 9 aromatic carbocycles. The summed E-state index contributed by atoms with van der Waals surface area (Å²) in [4.78, 5) is 2.45. The maximum atomic E-state index is 6.76. The van der Waals surface area contributed by atoms with E-state index >= 15 is 0 Å². The fourth-order valence-electron chi connectivity index (χ4n) is 8.93. The van der Waals surface area contributed by atoms with Gasteiger partial charge in [-0.15, -0.1) is 11.3 Å². The molecule has 0 saturated heterocycles. The molecule has 0 aliphatic carbocycles. The average Bonchev–Trinajstić information content (AvgIpc) is 3.77. The van der Waals surface area contributed by atoms with Gasteiger partial charge >= 0.3 is 0 Å². The van der Waals surface area contributed by atoms with Crippen molar-refractivity contribution in [2.24, 2.45) is 0 Å². The van der Waals surface area contributed by atoms with Crippen molar-refractivity contribution in [3.05, 3.63) is 229 Å². The largest absolute Gasteiger partial charge is 0.457 e. The molecule has 11 rings (SSSR count). The molecule has 0 amide bonds. The fourth-order valence-corrected chi connectivity index (χ4v) is 9.93. The molecular formula is C53H34OS. The molecule has 2 heterocycles. The zero-order chi connectivity index (χ0) is 36.3. The maximum Gasteiger partial charge on any atom is 0.132 e. The lowest BCUT2D eigenvalue weighted by Gasteiger charge is -2.41. The van der Waals surface area contributed by atoms with Gasteiger partial charge in [-0.25, -0.2) is 0 Å². The third-order valence-corrected chi connectivity index (χ3v) is 12.6. The van der Waals surface area contributed by atoms with Crippen LogP contribution in [0.15, 0.2) is 206 Å². The summed E-state index contributed by atoms with van der Waals surface area (Å²) >= 11 is 1.82. The smallest absolute Gasteiger partial charge is 0.132 e. The molecule has 0 radical (unpaired) electrons. The SMILES string of the molecule is c1ccc(C2(c3ccccc3)c3ccccc3Oc3cc(-c4ccc(-c5ccc(-c6ccc7c8ccccc8c8ccccc8c7c6)cc5)s4)ccc32)cc1. The summed E-state index contributed by atoms with van der Waals surface area (Å²) < 4.78 is 6.76. The van der Waals surface area contributed by atoms with E-state index in [1.807, 2.05) is 11.3 Å². The minimum atomic E-state index is -0.514. The van der Waals surface area contributed by atoms with E-state index in [1.165, 1.54) is 69.9 Å². The first-order valence-corrected chi connectivity index (χ1v) is 19.6. The monoisotopic (exact) mass is 718 g/mol. The summed E-state index contributed by atoms with van der Waals surface area (Å²) in [6.07, 6.45) is 0. The lowest BCUT2D eigenvalue weighted by atomic mass is 9.63. The molecule has 0 spiro atoms. The summed E-state index contributed by atoms with van der Waals surface area (Å²) in [7, 11) is 0. The van der Waals surface area contributed by atoms with Gasteiger partial charge in [0.15, 0.2) is 0 Å². The Morgan fingerprint density at radius 2 is 0.782 bits per heavy atom. The van der Waals surface area contributed by atoms with Gasteiger partial charge in [0.25, 0.3) is 0 Å². The normalized spacial score (nSPS) is 13.0. The van der Waals surface area contributed by atoms with Gasteiger partial charge in [0.2, 0.25) is 0 Å². The Morgan fingerprint density at radius 3 is 1.44 bits per heavy atom. The molecule has 258 valence electrons. The molecular weight excluding hydrogens is 685 g/mol. The van der Waals surface area contributed by atoms with E-state index in [1.54, 1.807) is 0 Å². The van der Waals surface area contributed by atoms with Crippen molar-refractivity contribution in [1.82, 2.24) is 0 Å². The summed E-state index contributed by atoms with van der Waals surface area (Å²) in [5.74, 6) is 1.78. The summed E-state index contributed by atoms with van der Waals surface area (Å²) in [5, 5.41) is 7.79. The summed E-state index contributed by atoms with van der Waals surface area (Å²) in [5.41, 5.74) is 9.03. The fraction of sp³-hybridized carbons (Fsp3) is 0.0189. The highest BCUT2D eigenvalue weighted by Gasteiger charge is 2.45. The number of benzene rings is 9. The maximum absolute atomic E-state index is 6.76. The van der Waals surface area contributed by atoms with Crippen molar-refractivity contribution in [3.63, 3.8) is 0 Å². The van der Waals surface area contributed by atoms with E-state index in [0.29, 0.717) is 0 Å². The molecule has 0 unspecified atom stereocenters. The van der Waals surface area contributed by atoms with Gasteiger partial charge in [-0.2, -0.15) is 0 Å². The summed E-state index contributed by atoms with van der Waals surface area (Å²) in [6, 6.07) is 75.0. The highest BCUT2D eigenvalue weighted by atomic mass is 32.1. The molecule has 1 aliphatic rings. The van der Waals surface area contributed by atoms with Crippen LogP contribution in [0.4, 0.5) is 0 Å². The van der Waals surface area contributed by atoms with Gasteiger partial charge in [0.1, 0.15) is 11.5 Å². The number of thiophene rings is 1. The van der Waals surface area contributed by atoms with Crippen molar-refractivity contribution in [2.75, 3.05) is 0 Å². The zero-order valence-corrected chi connectivity index (χ0v) is 30.8. The van der Waals surface area contributed by atoms with Crippen molar-refractivity contribution in [2.45, 2.75) is 5.41 Å². The van der Waals surface area contributed by atoms with Crippen LogP contribution in [0.1, 0.15) is 22.3 Å². The molecule has 10 aromatic rings. The number of para-hydroxylation sites is 1. The molecule has 55 heavy (non-hydrogen) atoms. The molecule has 2 heteroatoms. The lowest BCUT2D eigenvalue weighted by Crippen LogP contribution is -2.34. The van der Waals surface area contributed by atoms with Gasteiger partial charge in [-0.05, 0) is 96.0 Å². The van der Waals surface area contributed by atoms with Crippen LogP contribution in [-0.2, 0) is 5.41 Å². The predicted molar refractivity (Wildman–Crippen MR) is 232 cm³/mol. The topological polar surface area (TPSA) is 9.23 Å².